The van der Waals surface area contributed by atoms with E-state index in [2.05, 4.69) is 0 Å². The molecule has 0 spiro atoms. The second-order valence-corrected chi connectivity index (χ2v) is 4.68. The van der Waals surface area contributed by atoms with Gasteiger partial charge in [0.15, 0.2) is 0 Å². The molecule has 0 atom stereocenters. The normalized spacial score (nSPS) is 10.7. The van der Waals surface area contributed by atoms with Crippen LogP contribution in [0.4, 0.5) is 4.39 Å². The summed E-state index contributed by atoms with van der Waals surface area (Å²) in [6, 6.07) is 3.14. The van der Waals surface area contributed by atoms with Crippen molar-refractivity contribution in [2.45, 2.75) is 0 Å². The lowest BCUT2D eigenvalue weighted by Crippen LogP contribution is -1.99. The van der Waals surface area contributed by atoms with Gasteiger partial charge in [-0.1, -0.05) is 0 Å². The van der Waals surface area contributed by atoms with Crippen molar-refractivity contribution in [2.75, 3.05) is 0 Å². The number of carbonyl (C=O) groups is 1. The first-order valence-electron chi connectivity index (χ1n) is 3.69. The summed E-state index contributed by atoms with van der Waals surface area (Å²) in [5.74, 6) is -1.38. The molecule has 0 saturated heterocycles. The van der Waals surface area contributed by atoms with Gasteiger partial charge in [-0.15, -0.1) is 11.3 Å². The van der Waals surface area contributed by atoms with E-state index >= 15 is 0 Å². The number of rotatable bonds is 1. The lowest BCUT2D eigenvalue weighted by molar-refractivity contribution is 0.0696. The molecule has 5 heteroatoms. The molecule has 0 aliphatic carbocycles. The van der Waals surface area contributed by atoms with E-state index in [1.165, 1.54) is 22.8 Å². The van der Waals surface area contributed by atoms with Crippen molar-refractivity contribution in [3.63, 3.8) is 0 Å². The van der Waals surface area contributed by atoms with Crippen LogP contribution < -0.4 is 0 Å². The maximum Gasteiger partial charge on any atom is 0.336 e. The predicted molar refractivity (Wildman–Crippen MR) is 61.5 cm³/mol. The molecule has 1 aromatic carbocycles. The van der Waals surface area contributed by atoms with Crippen LogP contribution in [0.3, 0.4) is 0 Å². The Labute approximate surface area is 96.5 Å². The lowest BCUT2D eigenvalue weighted by atomic mass is 10.2. The summed E-state index contributed by atoms with van der Waals surface area (Å²) >= 11 is 3.14. The number of carboxylic acids is 1. The average Bonchev–Trinajstić information content (AvgIpc) is 2.48. The highest BCUT2D eigenvalue weighted by Crippen LogP contribution is 2.31. The van der Waals surface area contributed by atoms with Gasteiger partial charge in [-0.25, -0.2) is 9.18 Å². The average molecular weight is 322 g/mol. The van der Waals surface area contributed by atoms with Gasteiger partial charge in [-0.05, 0) is 34.7 Å². The molecule has 2 aromatic rings. The Hall–Kier alpha value is -0.690. The van der Waals surface area contributed by atoms with Crippen molar-refractivity contribution in [1.29, 1.82) is 0 Å². The second-order valence-electron chi connectivity index (χ2n) is 2.69. The Balaban J connectivity index is 2.86. The fraction of sp³-hybridized carbons (Fsp3) is 0. The van der Waals surface area contributed by atoms with Crippen LogP contribution in [0.5, 0.6) is 0 Å². The Bertz CT molecular complexity index is 521. The van der Waals surface area contributed by atoms with Crippen LogP contribution in [0.15, 0.2) is 17.5 Å². The highest BCUT2D eigenvalue weighted by Gasteiger charge is 2.14. The molecule has 2 rings (SSSR count). The minimum Gasteiger partial charge on any atom is -0.478 e. The first kappa shape index (κ1) is 9.85. The molecular formula is C9H4FIO2S. The molecule has 0 bridgehead atoms. The molecule has 2 nitrogen and oxygen atoms in total. The first-order valence-corrected chi connectivity index (χ1v) is 5.65. The monoisotopic (exact) mass is 322 g/mol. The SMILES string of the molecule is O=C(O)c1ccc2scc(F)c2c1I. The summed E-state index contributed by atoms with van der Waals surface area (Å²) in [7, 11) is 0. The zero-order valence-corrected chi connectivity index (χ0v) is 9.73. The van der Waals surface area contributed by atoms with Gasteiger partial charge >= 0.3 is 5.97 Å². The lowest BCUT2D eigenvalue weighted by Gasteiger charge is -2.00. The minimum atomic E-state index is -1.03. The maximum atomic E-state index is 13.3. The fourth-order valence-electron chi connectivity index (χ4n) is 1.22. The number of halogens is 2. The van der Waals surface area contributed by atoms with Crippen LogP contribution >= 0.6 is 33.9 Å². The zero-order chi connectivity index (χ0) is 10.3. The molecule has 0 unspecified atom stereocenters. The van der Waals surface area contributed by atoms with Crippen molar-refractivity contribution >= 4 is 50.0 Å². The van der Waals surface area contributed by atoms with Crippen LogP contribution in [0, 0.1) is 9.39 Å². The maximum absolute atomic E-state index is 13.3. The summed E-state index contributed by atoms with van der Waals surface area (Å²) in [5, 5.41) is 10.6. The third-order valence-corrected chi connectivity index (χ3v) is 3.90. The summed E-state index contributed by atoms with van der Waals surface area (Å²) < 4.78 is 14.5. The Morgan fingerprint density at radius 2 is 2.21 bits per heavy atom. The number of aromatic carboxylic acids is 1. The van der Waals surface area contributed by atoms with Crippen LogP contribution in [0.25, 0.3) is 10.1 Å². The minimum absolute atomic E-state index is 0.149. The first-order chi connectivity index (χ1) is 6.61. The molecule has 0 fully saturated rings. The number of hydrogen-bond acceptors (Lipinski definition) is 2. The van der Waals surface area contributed by atoms with Gasteiger partial charge < -0.3 is 5.11 Å². The summed E-state index contributed by atoms with van der Waals surface area (Å²) in [6.07, 6.45) is 0. The van der Waals surface area contributed by atoms with E-state index < -0.39 is 5.97 Å². The van der Waals surface area contributed by atoms with E-state index in [-0.39, 0.29) is 11.4 Å². The van der Waals surface area contributed by atoms with Crippen LogP contribution in [0.2, 0.25) is 0 Å². The van der Waals surface area contributed by atoms with Crippen molar-refractivity contribution in [1.82, 2.24) is 0 Å². The third kappa shape index (κ3) is 1.40. The quantitative estimate of drug-likeness (QED) is 0.818. The van der Waals surface area contributed by atoms with Gasteiger partial charge in [0, 0.05) is 19.0 Å². The Morgan fingerprint density at radius 1 is 1.50 bits per heavy atom. The van der Waals surface area contributed by atoms with Gasteiger partial charge in [0.05, 0.1) is 5.56 Å². The summed E-state index contributed by atoms with van der Waals surface area (Å²) in [6.45, 7) is 0. The molecule has 0 amide bonds. The number of thiophene rings is 1. The van der Waals surface area contributed by atoms with E-state index in [1.807, 2.05) is 22.6 Å². The molecular weight excluding hydrogens is 318 g/mol. The molecule has 1 aromatic heterocycles. The van der Waals surface area contributed by atoms with E-state index in [4.69, 9.17) is 5.11 Å². The zero-order valence-electron chi connectivity index (χ0n) is 6.75. The van der Waals surface area contributed by atoms with E-state index in [0.29, 0.717) is 8.96 Å². The van der Waals surface area contributed by atoms with Crippen molar-refractivity contribution < 1.29 is 14.3 Å². The topological polar surface area (TPSA) is 37.3 Å². The van der Waals surface area contributed by atoms with Gasteiger partial charge in [0.2, 0.25) is 0 Å². The standard InChI is InChI=1S/C9H4FIO2S/c10-5-3-14-6-2-1-4(9(12)13)8(11)7(5)6/h1-3H,(H,12,13). The number of carboxylic acid groups (broad SMARTS) is 1. The Kier molecular flexibility index (Phi) is 2.44. The van der Waals surface area contributed by atoms with Crippen molar-refractivity contribution in [2.24, 2.45) is 0 Å². The Morgan fingerprint density at radius 3 is 2.86 bits per heavy atom. The number of hydrogen-bond donors (Lipinski definition) is 1. The van der Waals surface area contributed by atoms with Gasteiger partial charge in [-0.2, -0.15) is 0 Å². The number of fused-ring (bicyclic) bond motifs is 1. The van der Waals surface area contributed by atoms with Gasteiger partial charge in [0.1, 0.15) is 5.82 Å². The molecule has 0 radical (unpaired) electrons. The molecule has 1 N–H and O–H groups in total. The molecule has 0 aliphatic heterocycles. The van der Waals surface area contributed by atoms with E-state index in [0.717, 1.165) is 4.70 Å². The van der Waals surface area contributed by atoms with E-state index in [1.54, 1.807) is 6.07 Å². The smallest absolute Gasteiger partial charge is 0.336 e. The van der Waals surface area contributed by atoms with E-state index in [9.17, 15) is 9.18 Å². The molecule has 72 valence electrons. The molecule has 1 heterocycles. The highest BCUT2D eigenvalue weighted by molar-refractivity contribution is 14.1. The van der Waals surface area contributed by atoms with Crippen LogP contribution in [-0.2, 0) is 0 Å². The van der Waals surface area contributed by atoms with Crippen LogP contribution in [0.1, 0.15) is 10.4 Å². The molecule has 0 saturated carbocycles. The van der Waals surface area contributed by atoms with Gasteiger partial charge in [-0.3, -0.25) is 0 Å². The fourth-order valence-corrected chi connectivity index (χ4v) is 3.17. The van der Waals surface area contributed by atoms with Crippen LogP contribution in [-0.4, -0.2) is 11.1 Å². The molecule has 14 heavy (non-hydrogen) atoms. The number of benzene rings is 1. The highest BCUT2D eigenvalue weighted by atomic mass is 127. The second kappa shape index (κ2) is 3.47. The predicted octanol–water partition coefficient (Wildman–Crippen LogP) is 3.34. The van der Waals surface area contributed by atoms with Crippen molar-refractivity contribution in [3.05, 3.63) is 32.5 Å². The molecule has 0 aliphatic rings. The van der Waals surface area contributed by atoms with Crippen molar-refractivity contribution in [3.8, 4) is 0 Å². The van der Waals surface area contributed by atoms with Gasteiger partial charge in [0.25, 0.3) is 0 Å². The summed E-state index contributed by atoms with van der Waals surface area (Å²) in [4.78, 5) is 10.8. The largest absolute Gasteiger partial charge is 0.478 e. The summed E-state index contributed by atoms with van der Waals surface area (Å²) in [5.41, 5.74) is 0.149. The third-order valence-electron chi connectivity index (χ3n) is 1.86.